The fourth-order valence-corrected chi connectivity index (χ4v) is 1.55. The summed E-state index contributed by atoms with van der Waals surface area (Å²) in [5, 5.41) is 0.712. The zero-order chi connectivity index (χ0) is 9.42. The lowest BCUT2D eigenvalue weighted by atomic mass is 10.5. The van der Waals surface area contributed by atoms with E-state index in [0.717, 1.165) is 5.82 Å². The summed E-state index contributed by atoms with van der Waals surface area (Å²) in [6.07, 6.45) is 1.88. The zero-order valence-electron chi connectivity index (χ0n) is 7.26. The minimum Gasteiger partial charge on any atom is -0.319 e. The topological polar surface area (TPSA) is 75.7 Å². The Morgan fingerprint density at radius 3 is 2.92 bits per heavy atom. The Labute approximate surface area is 78.0 Å². The van der Waals surface area contributed by atoms with Crippen LogP contribution in [0.2, 0.25) is 0 Å². The number of nitrogens with one attached hydrogen (secondary N) is 3. The summed E-state index contributed by atoms with van der Waals surface area (Å²) < 4.78 is 0. The second kappa shape index (κ2) is 2.88. The second-order valence-corrected chi connectivity index (χ2v) is 3.47. The zero-order valence-corrected chi connectivity index (χ0v) is 8.08. The fraction of sp³-hybridized carbons (Fsp3) is 0.286. The van der Waals surface area contributed by atoms with Gasteiger partial charge in [-0.15, -0.1) is 0 Å². The van der Waals surface area contributed by atoms with Crippen LogP contribution in [0.3, 0.4) is 0 Å². The van der Waals surface area contributed by atoms with Crippen molar-refractivity contribution in [2.75, 3.05) is 6.26 Å². The predicted molar refractivity (Wildman–Crippen MR) is 49.8 cm³/mol. The molecule has 0 aliphatic rings. The van der Waals surface area contributed by atoms with Crippen molar-refractivity contribution >= 4 is 22.9 Å². The van der Waals surface area contributed by atoms with Crippen molar-refractivity contribution in [1.82, 2.24) is 15.0 Å². The quantitative estimate of drug-likeness (QED) is 0.502. The van der Waals surface area contributed by atoms with Gasteiger partial charge in [-0.05, 0) is 6.26 Å². The van der Waals surface area contributed by atoms with Gasteiger partial charge in [-0.25, -0.2) is 14.8 Å². The molecule has 0 amide bonds. The largest absolute Gasteiger partial charge is 0.335 e. The van der Waals surface area contributed by atoms with E-state index < -0.39 is 0 Å². The van der Waals surface area contributed by atoms with Crippen LogP contribution in [0.25, 0.3) is 11.2 Å². The Balaban J connectivity index is 2.83. The molecule has 2 aromatic rings. The molecule has 0 saturated heterocycles. The van der Waals surface area contributed by atoms with Crippen molar-refractivity contribution in [1.29, 1.82) is 0 Å². The van der Waals surface area contributed by atoms with E-state index in [0.29, 0.717) is 16.3 Å². The van der Waals surface area contributed by atoms with Gasteiger partial charge in [-0.1, -0.05) is 16.7 Å². The van der Waals surface area contributed by atoms with Crippen molar-refractivity contribution in [3.8, 4) is 0 Å². The summed E-state index contributed by atoms with van der Waals surface area (Å²) in [5.41, 5.74) is 0.958. The highest BCUT2D eigenvalue weighted by atomic mass is 32.2. The first-order valence-electron chi connectivity index (χ1n) is 3.76. The summed E-state index contributed by atoms with van der Waals surface area (Å²) >= 11 is 1.44. The Morgan fingerprint density at radius 1 is 1.46 bits per heavy atom. The number of hydrogen-bond acceptors (Lipinski definition) is 3. The van der Waals surface area contributed by atoms with Crippen LogP contribution in [0.4, 0.5) is 0 Å². The number of fused-ring (bicyclic) bond motifs is 1. The average Bonchev–Trinajstić information content (AvgIpc) is 2.46. The number of aromatic amines is 3. The molecular formula is C7H9N4OS+. The molecule has 2 heterocycles. The highest BCUT2D eigenvalue weighted by Crippen LogP contribution is 2.04. The number of hydrogen-bond donors (Lipinski definition) is 2. The molecule has 0 aliphatic carbocycles. The van der Waals surface area contributed by atoms with E-state index in [4.69, 9.17) is 0 Å². The van der Waals surface area contributed by atoms with E-state index in [1.807, 2.05) is 13.2 Å². The Morgan fingerprint density at radius 2 is 2.23 bits per heavy atom. The Bertz CT molecular complexity index is 501. The molecule has 0 bridgehead atoms. The van der Waals surface area contributed by atoms with E-state index >= 15 is 0 Å². The van der Waals surface area contributed by atoms with Crippen LogP contribution in [0.1, 0.15) is 5.82 Å². The number of nitrogens with zero attached hydrogens (tertiary/aromatic N) is 1. The monoisotopic (exact) mass is 197 g/mol. The van der Waals surface area contributed by atoms with Crippen LogP contribution in [0.5, 0.6) is 0 Å². The molecule has 6 heteroatoms. The number of thioether (sulfide) groups is 1. The molecule has 0 spiro atoms. The van der Waals surface area contributed by atoms with Gasteiger partial charge in [-0.3, -0.25) is 0 Å². The number of imidazole rings is 1. The van der Waals surface area contributed by atoms with Crippen LogP contribution in [0, 0.1) is 6.92 Å². The molecule has 0 atom stereocenters. The minimum absolute atomic E-state index is 0.140. The van der Waals surface area contributed by atoms with Crippen molar-refractivity contribution in [2.24, 2.45) is 0 Å². The maximum atomic E-state index is 11.4. The molecule has 0 saturated carbocycles. The molecule has 3 N–H and O–H groups in total. The number of aryl methyl sites for hydroxylation is 1. The first-order chi connectivity index (χ1) is 6.20. The van der Waals surface area contributed by atoms with E-state index in [1.54, 1.807) is 0 Å². The summed E-state index contributed by atoms with van der Waals surface area (Å²) in [6.45, 7) is 1.81. The molecule has 2 rings (SSSR count). The van der Waals surface area contributed by atoms with Crippen molar-refractivity contribution in [2.45, 2.75) is 12.1 Å². The summed E-state index contributed by atoms with van der Waals surface area (Å²) in [5.74, 6) is 0.731. The van der Waals surface area contributed by atoms with Gasteiger partial charge in [-0.2, -0.15) is 0 Å². The molecule has 0 radical (unpaired) electrons. The third-order valence-corrected chi connectivity index (χ3v) is 2.32. The molecule has 13 heavy (non-hydrogen) atoms. The summed E-state index contributed by atoms with van der Waals surface area (Å²) in [6, 6.07) is 0. The van der Waals surface area contributed by atoms with Crippen LogP contribution in [-0.2, 0) is 0 Å². The fourth-order valence-electron chi connectivity index (χ4n) is 1.15. The first-order valence-corrected chi connectivity index (χ1v) is 4.99. The van der Waals surface area contributed by atoms with Gasteiger partial charge in [0, 0.05) is 6.92 Å². The smallest absolute Gasteiger partial charge is 0.319 e. The molecule has 0 aromatic carbocycles. The van der Waals surface area contributed by atoms with Gasteiger partial charge in [0.2, 0.25) is 5.52 Å². The van der Waals surface area contributed by atoms with E-state index in [2.05, 4.69) is 19.9 Å². The maximum Gasteiger partial charge on any atom is 0.335 e. The lowest BCUT2D eigenvalue weighted by Gasteiger charge is -1.87. The lowest BCUT2D eigenvalue weighted by Crippen LogP contribution is -2.19. The van der Waals surface area contributed by atoms with Crippen molar-refractivity contribution in [3.05, 3.63) is 16.2 Å². The van der Waals surface area contributed by atoms with Crippen molar-refractivity contribution < 1.29 is 4.98 Å². The number of rotatable bonds is 1. The standard InChI is InChI=1S/C7H8N4OS/c1-3-8-4-5(9-3)10-7(13-2)11-6(4)12/h1-2H3,(H2,8,9,10,11,12)/p+1. The first kappa shape index (κ1) is 8.31. The molecule has 2 aromatic heterocycles. The summed E-state index contributed by atoms with van der Waals surface area (Å²) in [4.78, 5) is 24.1. The molecule has 68 valence electrons. The predicted octanol–water partition coefficient (Wildman–Crippen LogP) is 0.0956. The van der Waals surface area contributed by atoms with E-state index in [-0.39, 0.29) is 5.56 Å². The van der Waals surface area contributed by atoms with Crippen LogP contribution < -0.4 is 10.5 Å². The molecular weight excluding hydrogens is 188 g/mol. The van der Waals surface area contributed by atoms with Crippen molar-refractivity contribution in [3.63, 3.8) is 0 Å². The molecule has 0 fully saturated rings. The Kier molecular flexibility index (Phi) is 1.84. The molecule has 5 nitrogen and oxygen atoms in total. The SMILES string of the molecule is CSc1[nH]c(=O)c2[nH]c(C)nc2[nH+]1. The highest BCUT2D eigenvalue weighted by Gasteiger charge is 2.12. The molecule has 0 unspecified atom stereocenters. The number of H-pyrrole nitrogens is 3. The van der Waals surface area contributed by atoms with E-state index in [9.17, 15) is 4.79 Å². The minimum atomic E-state index is -0.140. The van der Waals surface area contributed by atoms with Crippen LogP contribution >= 0.6 is 11.8 Å². The van der Waals surface area contributed by atoms with Gasteiger partial charge < -0.3 is 4.98 Å². The van der Waals surface area contributed by atoms with Gasteiger partial charge in [0.1, 0.15) is 0 Å². The average molecular weight is 197 g/mol. The third-order valence-electron chi connectivity index (χ3n) is 1.71. The van der Waals surface area contributed by atoms with E-state index in [1.165, 1.54) is 11.8 Å². The normalized spacial score (nSPS) is 10.9. The van der Waals surface area contributed by atoms with Crippen LogP contribution in [-0.4, -0.2) is 21.2 Å². The third kappa shape index (κ3) is 1.33. The molecule has 0 aliphatic heterocycles. The number of aromatic nitrogens is 4. The van der Waals surface area contributed by atoms with Gasteiger partial charge in [0.05, 0.1) is 0 Å². The highest BCUT2D eigenvalue weighted by molar-refractivity contribution is 7.98. The second-order valence-electron chi connectivity index (χ2n) is 2.66. The maximum absolute atomic E-state index is 11.4. The Hall–Kier alpha value is -1.30. The summed E-state index contributed by atoms with van der Waals surface area (Å²) in [7, 11) is 0. The van der Waals surface area contributed by atoms with Gasteiger partial charge in [0.25, 0.3) is 10.8 Å². The van der Waals surface area contributed by atoms with Gasteiger partial charge in [0.15, 0.2) is 5.82 Å². The van der Waals surface area contributed by atoms with Crippen LogP contribution in [0.15, 0.2) is 9.95 Å². The van der Waals surface area contributed by atoms with Gasteiger partial charge >= 0.3 is 5.56 Å². The lowest BCUT2D eigenvalue weighted by molar-refractivity contribution is -0.405.